The number of amides is 9. The van der Waals surface area contributed by atoms with Gasteiger partial charge in [0.15, 0.2) is 23.0 Å². The Labute approximate surface area is 681 Å². The average Bonchev–Trinajstić information content (AvgIpc) is 1.62. The monoisotopic (exact) mass is 1620 g/mol. The number of nitrogens with one attached hydrogen (secondary N) is 5. The summed E-state index contributed by atoms with van der Waals surface area (Å²) >= 11 is 0. The van der Waals surface area contributed by atoms with Gasteiger partial charge in [-0.3, -0.25) is 58.1 Å². The smallest absolute Gasteiger partial charge is 0.414 e. The number of hydrogen-bond acceptors (Lipinski definition) is 24. The van der Waals surface area contributed by atoms with E-state index in [1.165, 1.54) is 38.2 Å². The van der Waals surface area contributed by atoms with Crippen LogP contribution in [0.1, 0.15) is 109 Å². The van der Waals surface area contributed by atoms with E-state index in [0.717, 1.165) is 28.0 Å². The Morgan fingerprint density at radius 2 is 1.15 bits per heavy atom. The maximum atomic E-state index is 14.1. The minimum atomic E-state index is -0.994. The molecule has 1 saturated heterocycles. The van der Waals surface area contributed by atoms with Gasteiger partial charge in [0.25, 0.3) is 23.6 Å². The molecule has 0 radical (unpaired) electrons. The van der Waals surface area contributed by atoms with E-state index in [1.807, 2.05) is 61.4 Å². The molecule has 9 rings (SSSR count). The van der Waals surface area contributed by atoms with Crippen LogP contribution in [-0.4, -0.2) is 240 Å². The molecule has 630 valence electrons. The van der Waals surface area contributed by atoms with E-state index < -0.39 is 53.3 Å². The van der Waals surface area contributed by atoms with Gasteiger partial charge in [-0.15, -0.1) is 0 Å². The van der Waals surface area contributed by atoms with E-state index in [0.29, 0.717) is 192 Å². The number of methoxy groups -OCH3 is 2. The van der Waals surface area contributed by atoms with Crippen molar-refractivity contribution >= 4 is 88.5 Å². The summed E-state index contributed by atoms with van der Waals surface area (Å²) in [6, 6.07) is 24.7. The Balaban J connectivity index is 0.655. The number of nitrogens with zero attached hydrogens (tertiary/aromatic N) is 5. The third-order valence-corrected chi connectivity index (χ3v) is 19.3. The Hall–Kier alpha value is -11.0. The topological polar surface area (TPSA) is 368 Å². The van der Waals surface area contributed by atoms with Crippen LogP contribution in [0.3, 0.4) is 0 Å². The van der Waals surface area contributed by atoms with Gasteiger partial charge in [-0.25, -0.2) is 4.79 Å². The van der Waals surface area contributed by atoms with Crippen LogP contribution >= 0.6 is 0 Å². The highest BCUT2D eigenvalue weighted by Crippen LogP contribution is 2.43. The number of anilines is 2. The first-order chi connectivity index (χ1) is 56.6. The summed E-state index contributed by atoms with van der Waals surface area (Å²) in [5, 5.41) is 14.0. The molecule has 32 heteroatoms. The van der Waals surface area contributed by atoms with Crippen molar-refractivity contribution in [3.05, 3.63) is 154 Å². The van der Waals surface area contributed by atoms with Crippen LogP contribution in [-0.2, 0) is 104 Å². The van der Waals surface area contributed by atoms with E-state index in [9.17, 15) is 43.2 Å². The van der Waals surface area contributed by atoms with E-state index in [4.69, 9.17) is 71.6 Å². The highest BCUT2D eigenvalue weighted by atomic mass is 16.6. The number of hydrogen-bond donors (Lipinski definition) is 5. The summed E-state index contributed by atoms with van der Waals surface area (Å²) in [5.41, 5.74) is 6.87. The van der Waals surface area contributed by atoms with Crippen molar-refractivity contribution in [2.75, 3.05) is 157 Å². The number of benzene rings is 5. The lowest BCUT2D eigenvalue weighted by Crippen LogP contribution is -2.53. The molecular weight excluding hydrogens is 1510 g/mol. The van der Waals surface area contributed by atoms with Crippen molar-refractivity contribution in [1.29, 1.82) is 0 Å². The molecule has 5 aromatic carbocycles. The van der Waals surface area contributed by atoms with Crippen molar-refractivity contribution < 1.29 is 105 Å². The Morgan fingerprint density at radius 3 is 1.71 bits per heavy atom. The first kappa shape index (κ1) is 90.0. The highest BCUT2D eigenvalue weighted by Gasteiger charge is 2.43. The van der Waals surface area contributed by atoms with Crippen LogP contribution < -0.4 is 50.4 Å². The first-order valence-corrected chi connectivity index (χ1v) is 39.2. The number of allylic oxidation sites excluding steroid dienone is 1. The molecule has 0 spiro atoms. The van der Waals surface area contributed by atoms with E-state index in [-0.39, 0.29) is 82.7 Å². The van der Waals surface area contributed by atoms with Gasteiger partial charge in [0.1, 0.15) is 31.9 Å². The maximum absolute atomic E-state index is 14.1. The third kappa shape index (κ3) is 27.9. The molecule has 5 N–H and O–H groups in total. The maximum Gasteiger partial charge on any atom is 0.414 e. The molecule has 117 heavy (non-hydrogen) atoms. The van der Waals surface area contributed by atoms with Crippen molar-refractivity contribution in [2.45, 2.75) is 111 Å². The number of imide groups is 1. The number of rotatable bonds is 47. The second-order valence-corrected chi connectivity index (χ2v) is 28.3. The van der Waals surface area contributed by atoms with Crippen molar-refractivity contribution in [2.24, 2.45) is 15.9 Å². The fourth-order valence-corrected chi connectivity index (χ4v) is 12.7. The highest BCUT2D eigenvalue weighted by molar-refractivity contribution is 6.13. The van der Waals surface area contributed by atoms with Gasteiger partial charge >= 0.3 is 6.09 Å². The average molecular weight is 1620 g/mol. The summed E-state index contributed by atoms with van der Waals surface area (Å²) < 4.78 is 74.6. The molecule has 4 heterocycles. The molecule has 5 aromatic rings. The van der Waals surface area contributed by atoms with E-state index in [2.05, 4.69) is 26.6 Å². The fraction of sp³-hybridized carbons (Fsp3) is 0.471. The zero-order chi connectivity index (χ0) is 83.5. The quantitative estimate of drug-likeness (QED) is 0.0140. The molecule has 0 saturated carbocycles. The largest absolute Gasteiger partial charge is 0.493 e. The zero-order valence-corrected chi connectivity index (χ0v) is 67.8. The number of carbonyl (C=O) groups is 9. The summed E-state index contributed by atoms with van der Waals surface area (Å²) in [6.07, 6.45) is 9.35. The van der Waals surface area contributed by atoms with Crippen molar-refractivity contribution in [3.63, 3.8) is 0 Å². The minimum absolute atomic E-state index is 0.0112. The summed E-state index contributed by atoms with van der Waals surface area (Å²) in [5.74, 6) is -2.12. The number of aliphatic imine (C=N–C) groups is 2. The lowest BCUT2D eigenvalue weighted by molar-refractivity contribution is -0.137. The van der Waals surface area contributed by atoms with Gasteiger partial charge in [0.05, 0.1) is 148 Å². The fourth-order valence-electron chi connectivity index (χ4n) is 12.7. The summed E-state index contributed by atoms with van der Waals surface area (Å²) in [6.45, 7) is 15.4. The summed E-state index contributed by atoms with van der Waals surface area (Å²) in [7, 11) is 4.55. The predicted molar refractivity (Wildman–Crippen MR) is 434 cm³/mol. The van der Waals surface area contributed by atoms with Crippen LogP contribution in [0.2, 0.25) is 0 Å². The minimum Gasteiger partial charge on any atom is -0.493 e. The van der Waals surface area contributed by atoms with Crippen LogP contribution in [0, 0.1) is 5.92 Å². The van der Waals surface area contributed by atoms with Gasteiger partial charge in [-0.2, -0.15) is 0 Å². The Kier molecular flexibility index (Phi) is 35.9. The Bertz CT molecular complexity index is 4320. The molecule has 3 atom stereocenters. The molecule has 4 aliphatic heterocycles. The molecule has 1 fully saturated rings. The standard InChI is InChI=1S/C85H108N10O22/c1-9-59-50-85(5)56-89-70-49-74(72(106-8)47-68(70)83(103)95(85)52-59)116-55-62-43-61(54-115-73-48-69-67(46-71(73)105-7)81(101)88-51-64-14-11-10-13-63(64)15-12-24-86-69)44-66(45-62)93(6)84(104)117-53-60-16-18-65(19-17-60)91-80(100)58(4)90-82(102)79(57(2)3)92-76(97)23-27-107-29-31-109-33-35-111-37-39-113-41-42-114-40-38-112-36-34-110-32-30-108-28-25-87-75(96)22-26-94-77(98)20-21-78(94)99/h9-11,13-14,16-21,24,43-49,56-58,79H,12,15,22-23,25-42,50-55H2,1-8H3,(H,87,96)(H,88,101)(H,90,102)(H,91,100)(H,92,97)/b59-9-,86-24?/t58-,79-,85-/m0/s1. The molecule has 0 unspecified atom stereocenters. The number of aryl methyl sites for hydroxylation is 1. The lowest BCUT2D eigenvalue weighted by atomic mass is 9.98. The summed E-state index contributed by atoms with van der Waals surface area (Å²) in [4.78, 5) is 131. The zero-order valence-electron chi connectivity index (χ0n) is 67.8. The van der Waals surface area contributed by atoms with Crippen LogP contribution in [0.5, 0.6) is 23.0 Å². The van der Waals surface area contributed by atoms with Crippen LogP contribution in [0.25, 0.3) is 0 Å². The van der Waals surface area contributed by atoms with E-state index >= 15 is 0 Å². The SMILES string of the molecule is C/C=C1\CN2C(=O)c3cc(OC)c(OCc4cc(COc5cc6c(cc5OC)C(=O)NCc5ccccc5CCC=N6)cc(N(C)C(=O)OCc5ccc(NC(=O)[C@H](C)NC(=O)[C@@H](NC(=O)CCOCCOCCOCCOCCOCCOCCOCCOCCNC(=O)CCN6C(=O)C=CC6=O)C(C)C)cc5)c4)cc3N=C[C@]2(C)C1. The van der Waals surface area contributed by atoms with Crippen LogP contribution in [0.4, 0.5) is 27.5 Å². The number of ether oxygens (including phenoxy) is 13. The number of fused-ring (bicyclic) bond motifs is 4. The van der Waals surface area contributed by atoms with Gasteiger partial charge < -0.3 is 93.1 Å². The second-order valence-electron chi connectivity index (χ2n) is 28.3. The van der Waals surface area contributed by atoms with Gasteiger partial charge in [0.2, 0.25) is 23.6 Å². The predicted octanol–water partition coefficient (Wildman–Crippen LogP) is 8.02. The molecule has 0 bridgehead atoms. The van der Waals surface area contributed by atoms with Crippen molar-refractivity contribution in [3.8, 4) is 23.0 Å². The first-order valence-electron chi connectivity index (χ1n) is 39.2. The molecule has 32 nitrogen and oxygen atoms in total. The Morgan fingerprint density at radius 1 is 0.598 bits per heavy atom. The normalized spacial score (nSPS) is 15.8. The molecule has 0 aliphatic carbocycles. The second kappa shape index (κ2) is 46.7. The number of carbonyl (C=O) groups excluding carboxylic acids is 9. The van der Waals surface area contributed by atoms with Gasteiger partial charge in [-0.05, 0) is 116 Å². The molecule has 4 aliphatic rings. The molecule has 9 amide bonds. The van der Waals surface area contributed by atoms with Crippen LogP contribution in [0.15, 0.2) is 125 Å². The lowest BCUT2D eigenvalue weighted by Gasteiger charge is -2.29. The molecular formula is C85H108N10O22. The third-order valence-electron chi connectivity index (χ3n) is 19.3. The van der Waals surface area contributed by atoms with Gasteiger partial charge in [0, 0.05) is 94.2 Å². The van der Waals surface area contributed by atoms with Crippen molar-refractivity contribution in [1.82, 2.24) is 31.1 Å². The van der Waals surface area contributed by atoms with Gasteiger partial charge in [-0.1, -0.05) is 61.9 Å². The van der Waals surface area contributed by atoms with E-state index in [1.54, 1.807) is 87.8 Å². The molecule has 0 aromatic heterocycles.